The number of hydrogen-bond acceptors (Lipinski definition) is 3. The van der Waals surface area contributed by atoms with Crippen molar-refractivity contribution in [1.82, 2.24) is 0 Å². The summed E-state index contributed by atoms with van der Waals surface area (Å²) < 4.78 is 10.9. The van der Waals surface area contributed by atoms with Crippen LogP contribution in [0.1, 0.15) is 25.0 Å². The summed E-state index contributed by atoms with van der Waals surface area (Å²) in [7, 11) is 1.66. The minimum atomic E-state index is 0.631. The van der Waals surface area contributed by atoms with E-state index in [-0.39, 0.29) is 0 Å². The fourth-order valence-corrected chi connectivity index (χ4v) is 2.16. The lowest BCUT2D eigenvalue weighted by molar-refractivity contribution is 0.310. The molecular formula is C18H23NO2. The molecule has 3 nitrogen and oxygen atoms in total. The first-order valence-electron chi connectivity index (χ1n) is 7.39. The van der Waals surface area contributed by atoms with Gasteiger partial charge in [-0.2, -0.15) is 0 Å². The number of methoxy groups -OCH3 is 1. The first-order valence-corrected chi connectivity index (χ1v) is 7.39. The Labute approximate surface area is 126 Å². The minimum absolute atomic E-state index is 0.631. The minimum Gasteiger partial charge on any atom is -0.493 e. The van der Waals surface area contributed by atoms with E-state index in [1.165, 1.54) is 11.1 Å². The van der Waals surface area contributed by atoms with Crippen molar-refractivity contribution >= 4 is 5.69 Å². The fraction of sp³-hybridized carbons (Fsp3) is 0.333. The fourth-order valence-electron chi connectivity index (χ4n) is 2.16. The Morgan fingerprint density at radius 3 is 2.24 bits per heavy atom. The van der Waals surface area contributed by atoms with Crippen LogP contribution in [-0.4, -0.2) is 13.7 Å². The Bertz CT molecular complexity index is 564. The third-order valence-electron chi connectivity index (χ3n) is 3.39. The smallest absolute Gasteiger partial charge is 0.161 e. The van der Waals surface area contributed by atoms with Gasteiger partial charge in [0.25, 0.3) is 0 Å². The van der Waals surface area contributed by atoms with E-state index in [1.54, 1.807) is 7.11 Å². The Morgan fingerprint density at radius 1 is 0.905 bits per heavy atom. The summed E-state index contributed by atoms with van der Waals surface area (Å²) in [6.45, 7) is 5.52. The SMILES string of the molecule is CCOc1cc(CNc2ccc(CC)cc2)ccc1OC. The second-order valence-corrected chi connectivity index (χ2v) is 4.82. The van der Waals surface area contributed by atoms with E-state index < -0.39 is 0 Å². The Balaban J connectivity index is 2.03. The number of anilines is 1. The first-order chi connectivity index (χ1) is 10.3. The van der Waals surface area contributed by atoms with E-state index in [1.807, 2.05) is 19.1 Å². The lowest BCUT2D eigenvalue weighted by Gasteiger charge is -2.12. The van der Waals surface area contributed by atoms with Crippen LogP contribution in [0.4, 0.5) is 5.69 Å². The maximum atomic E-state index is 5.60. The van der Waals surface area contributed by atoms with Gasteiger partial charge in [-0.3, -0.25) is 0 Å². The van der Waals surface area contributed by atoms with Crippen molar-refractivity contribution in [2.45, 2.75) is 26.8 Å². The monoisotopic (exact) mass is 285 g/mol. The number of nitrogens with one attached hydrogen (secondary N) is 1. The summed E-state index contributed by atoms with van der Waals surface area (Å²) in [5.41, 5.74) is 3.64. The van der Waals surface area contributed by atoms with E-state index in [4.69, 9.17) is 9.47 Å². The van der Waals surface area contributed by atoms with Crippen molar-refractivity contribution < 1.29 is 9.47 Å². The molecule has 2 aromatic carbocycles. The van der Waals surface area contributed by atoms with Gasteiger partial charge >= 0.3 is 0 Å². The van der Waals surface area contributed by atoms with E-state index in [9.17, 15) is 0 Å². The number of rotatable bonds is 7. The molecule has 3 heteroatoms. The summed E-state index contributed by atoms with van der Waals surface area (Å²) in [5.74, 6) is 1.56. The molecule has 0 radical (unpaired) electrons. The highest BCUT2D eigenvalue weighted by atomic mass is 16.5. The van der Waals surface area contributed by atoms with Crippen LogP contribution in [-0.2, 0) is 13.0 Å². The number of hydrogen-bond donors (Lipinski definition) is 1. The zero-order valence-corrected chi connectivity index (χ0v) is 13.0. The Hall–Kier alpha value is -2.16. The van der Waals surface area contributed by atoms with Crippen LogP contribution in [0.3, 0.4) is 0 Å². The van der Waals surface area contributed by atoms with Gasteiger partial charge in [0.2, 0.25) is 0 Å². The van der Waals surface area contributed by atoms with Gasteiger partial charge in [-0.1, -0.05) is 25.1 Å². The van der Waals surface area contributed by atoms with Crippen LogP contribution < -0.4 is 14.8 Å². The molecule has 0 amide bonds. The highest BCUT2D eigenvalue weighted by molar-refractivity contribution is 5.47. The summed E-state index contributed by atoms with van der Waals surface area (Å²) in [4.78, 5) is 0. The van der Waals surface area contributed by atoms with Crippen molar-refractivity contribution in [1.29, 1.82) is 0 Å². The number of ether oxygens (including phenoxy) is 2. The molecule has 0 heterocycles. The third-order valence-corrected chi connectivity index (χ3v) is 3.39. The van der Waals surface area contributed by atoms with Gasteiger partial charge in [0.05, 0.1) is 13.7 Å². The number of aryl methyl sites for hydroxylation is 1. The van der Waals surface area contributed by atoms with Crippen molar-refractivity contribution in [3.05, 3.63) is 53.6 Å². The second kappa shape index (κ2) is 7.58. The van der Waals surface area contributed by atoms with Gasteiger partial charge < -0.3 is 14.8 Å². The maximum absolute atomic E-state index is 5.60. The second-order valence-electron chi connectivity index (χ2n) is 4.82. The Kier molecular flexibility index (Phi) is 5.50. The van der Waals surface area contributed by atoms with Crippen molar-refractivity contribution in [2.75, 3.05) is 19.0 Å². The topological polar surface area (TPSA) is 30.5 Å². The lowest BCUT2D eigenvalue weighted by atomic mass is 10.1. The molecule has 0 aromatic heterocycles. The third kappa shape index (κ3) is 4.15. The summed E-state index contributed by atoms with van der Waals surface area (Å²) in [6, 6.07) is 14.6. The van der Waals surface area contributed by atoms with Crippen LogP contribution in [0.2, 0.25) is 0 Å². The zero-order valence-electron chi connectivity index (χ0n) is 13.0. The lowest BCUT2D eigenvalue weighted by Crippen LogP contribution is -2.01. The summed E-state index contributed by atoms with van der Waals surface area (Å²) in [6.07, 6.45) is 1.07. The van der Waals surface area contributed by atoms with E-state index in [0.29, 0.717) is 6.61 Å². The molecule has 112 valence electrons. The van der Waals surface area contributed by atoms with Gasteiger partial charge in [-0.25, -0.2) is 0 Å². The van der Waals surface area contributed by atoms with Crippen molar-refractivity contribution in [3.63, 3.8) is 0 Å². The molecule has 21 heavy (non-hydrogen) atoms. The van der Waals surface area contributed by atoms with Crippen LogP contribution in [0, 0.1) is 0 Å². The van der Waals surface area contributed by atoms with Crippen LogP contribution in [0.15, 0.2) is 42.5 Å². The zero-order chi connectivity index (χ0) is 15.1. The molecule has 0 fully saturated rings. The molecule has 0 aliphatic heterocycles. The molecule has 1 N–H and O–H groups in total. The molecule has 0 saturated carbocycles. The van der Waals surface area contributed by atoms with Crippen LogP contribution >= 0.6 is 0 Å². The van der Waals surface area contributed by atoms with Gasteiger partial charge in [0.1, 0.15) is 0 Å². The molecule has 0 bridgehead atoms. The van der Waals surface area contributed by atoms with Crippen molar-refractivity contribution in [3.8, 4) is 11.5 Å². The highest BCUT2D eigenvalue weighted by Crippen LogP contribution is 2.28. The van der Waals surface area contributed by atoms with E-state index in [0.717, 1.165) is 30.2 Å². The average molecular weight is 285 g/mol. The number of benzene rings is 2. The average Bonchev–Trinajstić information content (AvgIpc) is 2.54. The summed E-state index contributed by atoms with van der Waals surface area (Å²) in [5, 5.41) is 3.42. The predicted octanol–water partition coefficient (Wildman–Crippen LogP) is 4.27. The van der Waals surface area contributed by atoms with E-state index in [2.05, 4.69) is 42.6 Å². The molecule has 0 aliphatic carbocycles. The Morgan fingerprint density at radius 2 is 1.62 bits per heavy atom. The molecular weight excluding hydrogens is 262 g/mol. The predicted molar refractivity (Wildman–Crippen MR) is 87.3 cm³/mol. The molecule has 0 spiro atoms. The standard InChI is InChI=1S/C18H23NO2/c1-4-14-6-9-16(10-7-14)19-13-15-8-11-17(20-3)18(12-15)21-5-2/h6-12,19H,4-5,13H2,1-3H3. The normalized spacial score (nSPS) is 10.2. The summed E-state index contributed by atoms with van der Waals surface area (Å²) >= 11 is 0. The molecule has 2 aromatic rings. The molecule has 0 unspecified atom stereocenters. The molecule has 0 aliphatic rings. The van der Waals surface area contributed by atoms with Gasteiger partial charge in [0, 0.05) is 12.2 Å². The van der Waals surface area contributed by atoms with Gasteiger partial charge in [-0.05, 0) is 48.7 Å². The molecule has 0 atom stereocenters. The first kappa shape index (κ1) is 15.2. The highest BCUT2D eigenvalue weighted by Gasteiger charge is 2.05. The van der Waals surface area contributed by atoms with E-state index >= 15 is 0 Å². The molecule has 2 rings (SSSR count). The van der Waals surface area contributed by atoms with Crippen molar-refractivity contribution in [2.24, 2.45) is 0 Å². The maximum Gasteiger partial charge on any atom is 0.161 e. The van der Waals surface area contributed by atoms with Gasteiger partial charge in [0.15, 0.2) is 11.5 Å². The quantitative estimate of drug-likeness (QED) is 0.824. The molecule has 0 saturated heterocycles. The van der Waals surface area contributed by atoms with Crippen LogP contribution in [0.25, 0.3) is 0 Å². The largest absolute Gasteiger partial charge is 0.493 e. The van der Waals surface area contributed by atoms with Gasteiger partial charge in [-0.15, -0.1) is 0 Å². The van der Waals surface area contributed by atoms with Crippen LogP contribution in [0.5, 0.6) is 11.5 Å².